The van der Waals surface area contributed by atoms with E-state index in [2.05, 4.69) is 0 Å². The maximum absolute atomic E-state index is 12.4. The topological polar surface area (TPSA) is 43.1 Å². The van der Waals surface area contributed by atoms with Crippen LogP contribution in [0.25, 0.3) is 0 Å². The van der Waals surface area contributed by atoms with Crippen LogP contribution in [0.4, 0.5) is 5.69 Å². The molecule has 0 aliphatic carbocycles. The first kappa shape index (κ1) is 12.7. The summed E-state index contributed by atoms with van der Waals surface area (Å²) in [5.41, 5.74) is 9.46. The fourth-order valence-corrected chi connectivity index (χ4v) is 2.11. The van der Waals surface area contributed by atoms with Gasteiger partial charge in [-0.3, -0.25) is 4.79 Å². The number of ketones is 1. The van der Waals surface area contributed by atoms with Crippen molar-refractivity contribution in [1.82, 2.24) is 0 Å². The van der Waals surface area contributed by atoms with Crippen molar-refractivity contribution in [1.29, 1.82) is 0 Å². The Morgan fingerprint density at radius 3 is 2.44 bits per heavy atom. The minimum Gasteiger partial charge on any atom is -0.398 e. The van der Waals surface area contributed by atoms with Crippen LogP contribution in [0, 0.1) is 13.8 Å². The Kier molecular flexibility index (Phi) is 3.39. The normalized spacial score (nSPS) is 10.4. The van der Waals surface area contributed by atoms with Gasteiger partial charge in [0.25, 0.3) is 0 Å². The molecule has 0 atom stereocenters. The predicted molar refractivity (Wildman–Crippen MR) is 75.2 cm³/mol. The summed E-state index contributed by atoms with van der Waals surface area (Å²) in [4.78, 5) is 12.4. The number of nitrogen functional groups attached to an aromatic ring is 1. The van der Waals surface area contributed by atoms with Crippen molar-refractivity contribution in [3.8, 4) is 0 Å². The Morgan fingerprint density at radius 1 is 1.06 bits per heavy atom. The van der Waals surface area contributed by atoms with Gasteiger partial charge in [-0.1, -0.05) is 35.4 Å². The van der Waals surface area contributed by atoms with E-state index in [9.17, 15) is 4.79 Å². The van der Waals surface area contributed by atoms with E-state index < -0.39 is 0 Å². The Balaban J connectivity index is 2.51. The average Bonchev–Trinajstić information content (AvgIpc) is 2.31. The van der Waals surface area contributed by atoms with Crippen molar-refractivity contribution in [2.45, 2.75) is 13.8 Å². The van der Waals surface area contributed by atoms with E-state index in [1.807, 2.05) is 32.0 Å². The third-order valence-electron chi connectivity index (χ3n) is 2.89. The first-order chi connectivity index (χ1) is 8.49. The third kappa shape index (κ3) is 2.39. The van der Waals surface area contributed by atoms with Gasteiger partial charge in [0, 0.05) is 21.8 Å². The second-order valence-corrected chi connectivity index (χ2v) is 4.82. The molecule has 0 aromatic heterocycles. The van der Waals surface area contributed by atoms with Gasteiger partial charge in [0.2, 0.25) is 0 Å². The molecule has 0 spiro atoms. The quantitative estimate of drug-likeness (QED) is 0.659. The van der Waals surface area contributed by atoms with E-state index in [4.69, 9.17) is 17.3 Å². The SMILES string of the molecule is Cc1ccc(C(=O)c2cc(Cl)ccc2N)c(C)c1. The summed E-state index contributed by atoms with van der Waals surface area (Å²) in [7, 11) is 0. The summed E-state index contributed by atoms with van der Waals surface area (Å²) in [5.74, 6) is -0.0903. The Bertz CT molecular complexity index is 620. The zero-order chi connectivity index (χ0) is 13.3. The lowest BCUT2D eigenvalue weighted by atomic mass is 9.97. The average molecular weight is 260 g/mol. The van der Waals surface area contributed by atoms with Gasteiger partial charge in [0.15, 0.2) is 5.78 Å². The molecule has 0 aliphatic rings. The standard InChI is InChI=1S/C15H14ClNO/c1-9-3-5-12(10(2)7-9)15(18)13-8-11(16)4-6-14(13)17/h3-8H,17H2,1-2H3. The maximum atomic E-state index is 12.4. The minimum absolute atomic E-state index is 0.0903. The van der Waals surface area contributed by atoms with Gasteiger partial charge >= 0.3 is 0 Å². The fourth-order valence-electron chi connectivity index (χ4n) is 1.94. The number of carbonyl (C=O) groups excluding carboxylic acids is 1. The van der Waals surface area contributed by atoms with Crippen LogP contribution in [0.3, 0.4) is 0 Å². The van der Waals surface area contributed by atoms with E-state index in [0.717, 1.165) is 11.1 Å². The van der Waals surface area contributed by atoms with E-state index in [1.165, 1.54) is 0 Å². The summed E-state index contributed by atoms with van der Waals surface area (Å²) in [5, 5.41) is 0.511. The van der Waals surface area contributed by atoms with Crippen molar-refractivity contribution in [2.24, 2.45) is 0 Å². The number of benzene rings is 2. The highest BCUT2D eigenvalue weighted by atomic mass is 35.5. The van der Waals surface area contributed by atoms with Crippen LogP contribution in [0.2, 0.25) is 5.02 Å². The number of rotatable bonds is 2. The van der Waals surface area contributed by atoms with Crippen LogP contribution in [0.15, 0.2) is 36.4 Å². The number of nitrogens with two attached hydrogens (primary N) is 1. The van der Waals surface area contributed by atoms with Gasteiger partial charge in [0.1, 0.15) is 0 Å². The monoisotopic (exact) mass is 259 g/mol. The molecule has 0 radical (unpaired) electrons. The largest absolute Gasteiger partial charge is 0.398 e. The lowest BCUT2D eigenvalue weighted by Crippen LogP contribution is -2.07. The first-order valence-corrected chi connectivity index (χ1v) is 6.04. The van der Waals surface area contributed by atoms with Crippen LogP contribution in [0.1, 0.15) is 27.0 Å². The van der Waals surface area contributed by atoms with E-state index in [0.29, 0.717) is 21.8 Å². The molecule has 0 unspecified atom stereocenters. The first-order valence-electron chi connectivity index (χ1n) is 5.66. The number of hydrogen-bond acceptors (Lipinski definition) is 2. The summed E-state index contributed by atoms with van der Waals surface area (Å²) in [6.07, 6.45) is 0. The molecule has 0 heterocycles. The summed E-state index contributed by atoms with van der Waals surface area (Å²) < 4.78 is 0. The van der Waals surface area contributed by atoms with Crippen LogP contribution < -0.4 is 5.73 Å². The predicted octanol–water partition coefficient (Wildman–Crippen LogP) is 3.77. The second-order valence-electron chi connectivity index (χ2n) is 4.38. The van der Waals surface area contributed by atoms with E-state index >= 15 is 0 Å². The molecule has 2 nitrogen and oxygen atoms in total. The molecule has 0 saturated heterocycles. The zero-order valence-electron chi connectivity index (χ0n) is 10.3. The van der Waals surface area contributed by atoms with Crippen molar-refractivity contribution < 1.29 is 4.79 Å². The lowest BCUT2D eigenvalue weighted by Gasteiger charge is -2.08. The summed E-state index contributed by atoms with van der Waals surface area (Å²) in [6.45, 7) is 3.91. The van der Waals surface area contributed by atoms with Crippen LogP contribution >= 0.6 is 11.6 Å². The number of aryl methyl sites for hydroxylation is 2. The highest BCUT2D eigenvalue weighted by molar-refractivity contribution is 6.31. The van der Waals surface area contributed by atoms with Crippen molar-refractivity contribution in [3.05, 3.63) is 63.7 Å². The van der Waals surface area contributed by atoms with Gasteiger partial charge in [-0.05, 0) is 37.6 Å². The Morgan fingerprint density at radius 2 is 1.78 bits per heavy atom. The molecule has 18 heavy (non-hydrogen) atoms. The molecule has 2 rings (SSSR count). The van der Waals surface area contributed by atoms with Crippen LogP contribution in [-0.2, 0) is 0 Å². The second kappa shape index (κ2) is 4.83. The number of hydrogen-bond donors (Lipinski definition) is 1. The Hall–Kier alpha value is -1.80. The molecule has 0 saturated carbocycles. The molecular formula is C15H14ClNO. The summed E-state index contributed by atoms with van der Waals surface area (Å²) >= 11 is 5.91. The molecule has 2 aromatic rings. The highest BCUT2D eigenvalue weighted by Crippen LogP contribution is 2.23. The summed E-state index contributed by atoms with van der Waals surface area (Å²) in [6, 6.07) is 10.7. The number of carbonyl (C=O) groups is 1. The molecular weight excluding hydrogens is 246 g/mol. The van der Waals surface area contributed by atoms with Crippen molar-refractivity contribution in [3.63, 3.8) is 0 Å². The van der Waals surface area contributed by atoms with Crippen LogP contribution in [0.5, 0.6) is 0 Å². The van der Waals surface area contributed by atoms with Gasteiger partial charge in [-0.2, -0.15) is 0 Å². The van der Waals surface area contributed by atoms with Gasteiger partial charge in [-0.25, -0.2) is 0 Å². The number of anilines is 1. The molecule has 0 aliphatic heterocycles. The molecule has 2 N–H and O–H groups in total. The van der Waals surface area contributed by atoms with E-state index in [-0.39, 0.29) is 5.78 Å². The van der Waals surface area contributed by atoms with Crippen molar-refractivity contribution in [2.75, 3.05) is 5.73 Å². The zero-order valence-corrected chi connectivity index (χ0v) is 11.1. The van der Waals surface area contributed by atoms with Crippen molar-refractivity contribution >= 4 is 23.1 Å². The van der Waals surface area contributed by atoms with Gasteiger partial charge in [-0.15, -0.1) is 0 Å². The van der Waals surface area contributed by atoms with E-state index in [1.54, 1.807) is 18.2 Å². The lowest BCUT2D eigenvalue weighted by molar-refractivity contribution is 0.103. The molecule has 2 aromatic carbocycles. The molecule has 0 amide bonds. The third-order valence-corrected chi connectivity index (χ3v) is 3.12. The maximum Gasteiger partial charge on any atom is 0.195 e. The Labute approximate surface area is 111 Å². The fraction of sp³-hybridized carbons (Fsp3) is 0.133. The van der Waals surface area contributed by atoms with Crippen LogP contribution in [-0.4, -0.2) is 5.78 Å². The minimum atomic E-state index is -0.0903. The number of halogens is 1. The smallest absolute Gasteiger partial charge is 0.195 e. The molecule has 3 heteroatoms. The molecule has 0 bridgehead atoms. The highest BCUT2D eigenvalue weighted by Gasteiger charge is 2.14. The van der Waals surface area contributed by atoms with Gasteiger partial charge in [0.05, 0.1) is 0 Å². The molecule has 0 fully saturated rings. The molecule has 92 valence electrons. The van der Waals surface area contributed by atoms with Gasteiger partial charge < -0.3 is 5.73 Å².